The van der Waals surface area contributed by atoms with Gasteiger partial charge in [-0.15, -0.1) is 0 Å². The SMILES string of the molecule is CCCCCCCCCCCCOS(=O)(=O)O.CCCCCCCCCCCCOS(=O)(=O)O.N.N. The van der Waals surface area contributed by atoms with E-state index in [4.69, 9.17) is 9.11 Å². The maximum absolute atomic E-state index is 10.2. The molecule has 0 saturated heterocycles. The molecule has 0 spiro atoms. The molecule has 10 nitrogen and oxygen atoms in total. The lowest BCUT2D eigenvalue weighted by Crippen LogP contribution is -2.04. The van der Waals surface area contributed by atoms with Gasteiger partial charge in [0.2, 0.25) is 0 Å². The van der Waals surface area contributed by atoms with Crippen LogP contribution in [0.1, 0.15) is 142 Å². The topological polar surface area (TPSA) is 197 Å². The monoisotopic (exact) mass is 566 g/mol. The highest BCUT2D eigenvalue weighted by atomic mass is 32.3. The van der Waals surface area contributed by atoms with Crippen molar-refractivity contribution in [3.8, 4) is 0 Å². The fraction of sp³-hybridized carbons (Fsp3) is 1.00. The number of hydrogen-bond donors (Lipinski definition) is 4. The third-order valence-corrected chi connectivity index (χ3v) is 6.39. The summed E-state index contributed by atoms with van der Waals surface area (Å²) in [5.74, 6) is 0. The molecule has 0 aromatic rings. The van der Waals surface area contributed by atoms with Gasteiger partial charge in [-0.3, -0.25) is 9.11 Å². The van der Waals surface area contributed by atoms with Crippen molar-refractivity contribution in [3.63, 3.8) is 0 Å². The van der Waals surface area contributed by atoms with Crippen LogP contribution >= 0.6 is 0 Å². The van der Waals surface area contributed by atoms with Crippen molar-refractivity contribution >= 4 is 20.8 Å². The molecule has 0 fully saturated rings. The van der Waals surface area contributed by atoms with Crippen LogP contribution in [0.25, 0.3) is 0 Å². The Labute approximate surface area is 222 Å². The Kier molecular flexibility index (Phi) is 36.7. The Morgan fingerprint density at radius 1 is 0.417 bits per heavy atom. The molecule has 0 saturated carbocycles. The number of unbranched alkanes of at least 4 members (excludes halogenated alkanes) is 18. The zero-order chi connectivity index (χ0) is 26.0. The predicted molar refractivity (Wildman–Crippen MR) is 149 cm³/mol. The Bertz CT molecular complexity index is 564. The van der Waals surface area contributed by atoms with E-state index < -0.39 is 20.8 Å². The van der Waals surface area contributed by atoms with Crippen molar-refractivity contribution < 1.29 is 34.3 Å². The molecule has 0 amide bonds. The molecular formula is C24H58N2O8S2. The molecule has 224 valence electrons. The van der Waals surface area contributed by atoms with Gasteiger partial charge in [-0.1, -0.05) is 129 Å². The lowest BCUT2D eigenvalue weighted by molar-refractivity contribution is 0.260. The van der Waals surface area contributed by atoms with E-state index in [0.29, 0.717) is 12.8 Å². The van der Waals surface area contributed by atoms with E-state index in [-0.39, 0.29) is 25.5 Å². The van der Waals surface area contributed by atoms with Gasteiger partial charge in [0.1, 0.15) is 0 Å². The van der Waals surface area contributed by atoms with Gasteiger partial charge < -0.3 is 12.3 Å². The van der Waals surface area contributed by atoms with Gasteiger partial charge in [0.25, 0.3) is 0 Å². The maximum atomic E-state index is 10.2. The normalized spacial score (nSPS) is 11.2. The van der Waals surface area contributed by atoms with Gasteiger partial charge in [-0.2, -0.15) is 16.8 Å². The van der Waals surface area contributed by atoms with Crippen molar-refractivity contribution in [1.82, 2.24) is 12.3 Å². The number of rotatable bonds is 24. The molecule has 0 rings (SSSR count). The lowest BCUT2D eigenvalue weighted by atomic mass is 10.1. The van der Waals surface area contributed by atoms with Gasteiger partial charge in [-0.25, -0.2) is 8.37 Å². The molecule has 12 heteroatoms. The summed E-state index contributed by atoms with van der Waals surface area (Å²) in [7, 11) is -8.47. The first-order valence-electron chi connectivity index (χ1n) is 13.4. The minimum Gasteiger partial charge on any atom is -0.344 e. The van der Waals surface area contributed by atoms with E-state index in [1.165, 1.54) is 89.9 Å². The molecule has 0 aromatic heterocycles. The van der Waals surface area contributed by atoms with E-state index in [2.05, 4.69) is 22.2 Å². The molecular weight excluding hydrogens is 508 g/mol. The van der Waals surface area contributed by atoms with Crippen LogP contribution in [-0.4, -0.2) is 39.2 Å². The minimum atomic E-state index is -4.23. The molecule has 0 bridgehead atoms. The molecule has 0 unspecified atom stereocenters. The highest BCUT2D eigenvalue weighted by Gasteiger charge is 2.03. The Morgan fingerprint density at radius 3 is 0.806 bits per heavy atom. The molecule has 0 radical (unpaired) electrons. The fourth-order valence-corrected chi connectivity index (χ4v) is 4.16. The molecule has 8 N–H and O–H groups in total. The second kappa shape index (κ2) is 30.9. The minimum absolute atomic E-state index is 0. The Balaban J connectivity index is -0.000000269. The molecule has 0 aliphatic carbocycles. The van der Waals surface area contributed by atoms with Crippen LogP contribution in [0.15, 0.2) is 0 Å². The van der Waals surface area contributed by atoms with E-state index in [9.17, 15) is 16.8 Å². The average molecular weight is 567 g/mol. The summed E-state index contributed by atoms with van der Waals surface area (Å²) in [6.07, 6.45) is 23.7. The van der Waals surface area contributed by atoms with Crippen molar-refractivity contribution in [2.45, 2.75) is 142 Å². The first kappa shape index (κ1) is 42.7. The highest BCUT2D eigenvalue weighted by molar-refractivity contribution is 7.81. The molecule has 0 aliphatic heterocycles. The first-order chi connectivity index (χ1) is 16.1. The molecule has 36 heavy (non-hydrogen) atoms. The van der Waals surface area contributed by atoms with Gasteiger partial charge >= 0.3 is 20.8 Å². The fourth-order valence-electron chi connectivity index (χ4n) is 3.51. The second-order valence-corrected chi connectivity index (χ2v) is 11.0. The van der Waals surface area contributed by atoms with Gasteiger partial charge in [0.05, 0.1) is 13.2 Å². The number of hydrogen-bond acceptors (Lipinski definition) is 8. The predicted octanol–water partition coefficient (Wildman–Crippen LogP) is 7.78. The summed E-state index contributed by atoms with van der Waals surface area (Å²) in [4.78, 5) is 0. The zero-order valence-corrected chi connectivity index (χ0v) is 24.8. The van der Waals surface area contributed by atoms with E-state index in [1.807, 2.05) is 0 Å². The molecule has 0 aromatic carbocycles. The van der Waals surface area contributed by atoms with Crippen LogP contribution in [0, 0.1) is 0 Å². The van der Waals surface area contributed by atoms with E-state index in [0.717, 1.165) is 25.7 Å². The summed E-state index contributed by atoms with van der Waals surface area (Å²) in [6.45, 7) is 4.62. The summed E-state index contributed by atoms with van der Waals surface area (Å²) in [5, 5.41) is 0. The molecule has 0 atom stereocenters. The maximum Gasteiger partial charge on any atom is 0.397 e. The second-order valence-electron chi connectivity index (χ2n) is 8.86. The highest BCUT2D eigenvalue weighted by Crippen LogP contribution is 2.11. The van der Waals surface area contributed by atoms with E-state index in [1.54, 1.807) is 0 Å². The summed E-state index contributed by atoms with van der Waals surface area (Å²) < 4.78 is 66.0. The Hall–Kier alpha value is -0.340. The summed E-state index contributed by atoms with van der Waals surface area (Å²) in [6, 6.07) is 0. The van der Waals surface area contributed by atoms with Crippen LogP contribution in [0.5, 0.6) is 0 Å². The van der Waals surface area contributed by atoms with Crippen LogP contribution in [-0.2, 0) is 29.2 Å². The van der Waals surface area contributed by atoms with Crippen molar-refractivity contribution in [2.24, 2.45) is 0 Å². The van der Waals surface area contributed by atoms with Gasteiger partial charge in [-0.05, 0) is 12.8 Å². The smallest absolute Gasteiger partial charge is 0.344 e. The molecule has 0 heterocycles. The van der Waals surface area contributed by atoms with Crippen LogP contribution in [0.4, 0.5) is 0 Å². The third kappa shape index (κ3) is 46.9. The van der Waals surface area contributed by atoms with Crippen LogP contribution in [0.2, 0.25) is 0 Å². The van der Waals surface area contributed by atoms with Crippen molar-refractivity contribution in [3.05, 3.63) is 0 Å². The van der Waals surface area contributed by atoms with Gasteiger partial charge in [0.15, 0.2) is 0 Å². The van der Waals surface area contributed by atoms with Gasteiger partial charge in [0, 0.05) is 0 Å². The van der Waals surface area contributed by atoms with Crippen molar-refractivity contribution in [1.29, 1.82) is 0 Å². The largest absolute Gasteiger partial charge is 0.397 e. The van der Waals surface area contributed by atoms with Crippen LogP contribution < -0.4 is 12.3 Å². The van der Waals surface area contributed by atoms with Crippen molar-refractivity contribution in [2.75, 3.05) is 13.2 Å². The van der Waals surface area contributed by atoms with E-state index >= 15 is 0 Å². The summed E-state index contributed by atoms with van der Waals surface area (Å²) in [5.41, 5.74) is 0. The third-order valence-electron chi connectivity index (χ3n) is 5.46. The zero-order valence-electron chi connectivity index (χ0n) is 23.1. The van der Waals surface area contributed by atoms with Crippen LogP contribution in [0.3, 0.4) is 0 Å². The summed E-state index contributed by atoms with van der Waals surface area (Å²) >= 11 is 0. The average Bonchev–Trinajstić information content (AvgIpc) is 2.75. The standard InChI is InChI=1S/2C12H26O4S.2H3N/c2*1-2-3-4-5-6-7-8-9-10-11-12-16-17(13,14)15;;/h2*2-12H2,1H3,(H,13,14,15);2*1H3. The first-order valence-corrected chi connectivity index (χ1v) is 16.1. The molecule has 0 aliphatic rings. The quantitative estimate of drug-likeness (QED) is 0.0660. The lowest BCUT2D eigenvalue weighted by Gasteiger charge is -2.02. The Morgan fingerprint density at radius 2 is 0.611 bits per heavy atom.